The summed E-state index contributed by atoms with van der Waals surface area (Å²) in [7, 11) is 5.65. The Labute approximate surface area is 740 Å². The van der Waals surface area contributed by atoms with Gasteiger partial charge < -0.3 is 69.4 Å². The molecule has 0 atom stereocenters. The maximum atomic E-state index is 13.8. The van der Waals surface area contributed by atoms with Crippen molar-refractivity contribution in [3.05, 3.63) is 198 Å². The first-order valence-corrected chi connectivity index (χ1v) is 46.6. The molecule has 0 bridgehead atoms. The molecule has 670 valence electrons. The topological polar surface area (TPSA) is 323 Å². The normalized spacial score (nSPS) is 21.1. The monoisotopic (exact) mass is 1700 g/mol. The van der Waals surface area contributed by atoms with E-state index in [0.717, 1.165) is 152 Å². The smallest absolute Gasteiger partial charge is 0.324 e. The number of anilines is 3. The van der Waals surface area contributed by atoms with Crippen LogP contribution in [-0.2, 0) is 11.3 Å². The van der Waals surface area contributed by atoms with Crippen LogP contribution in [0.3, 0.4) is 0 Å². The lowest BCUT2D eigenvalue weighted by atomic mass is 9.81. The number of amides is 8. The van der Waals surface area contributed by atoms with E-state index in [4.69, 9.17) is 56.5 Å². The molecule has 13 rings (SSSR count). The molecule has 1 aliphatic heterocycles. The van der Waals surface area contributed by atoms with E-state index in [1.165, 1.54) is 101 Å². The third-order valence-electron chi connectivity index (χ3n) is 26.9. The van der Waals surface area contributed by atoms with Crippen LogP contribution in [0.15, 0.2) is 191 Å². The molecule has 0 radical (unpaired) electrons. The molecular weight excluding hydrogens is 1560 g/mol. The number of hydrogen-bond donors (Lipinski definition) is 7. The zero-order valence-corrected chi connectivity index (χ0v) is 74.9. The highest BCUT2D eigenvalue weighted by atomic mass is 35.5. The summed E-state index contributed by atoms with van der Waals surface area (Å²) in [5.74, 6) is 6.41. The molecule has 7 aliphatic rings. The van der Waals surface area contributed by atoms with Gasteiger partial charge in [0.25, 0.3) is 0 Å². The first kappa shape index (κ1) is 95.6. The fourth-order valence-electron chi connectivity index (χ4n) is 19.3. The van der Waals surface area contributed by atoms with Gasteiger partial charge in [0.05, 0.1) is 13.2 Å². The lowest BCUT2D eigenvalue weighted by Gasteiger charge is -2.38. The number of guanidine groups is 3. The lowest BCUT2D eigenvalue weighted by molar-refractivity contribution is 0.0406. The average Bonchev–Trinajstić information content (AvgIpc) is 0.836. The fraction of sp³-hybridized carbons (Fsp3) is 0.566. The number of para-hydroxylation sites is 3. The van der Waals surface area contributed by atoms with Crippen molar-refractivity contribution in [3.8, 4) is 0 Å². The molecule has 8 amide bonds. The van der Waals surface area contributed by atoms with Crippen molar-refractivity contribution in [2.24, 2.45) is 114 Å². The largest absolute Gasteiger partial charge is 0.378 e. The van der Waals surface area contributed by atoms with Gasteiger partial charge in [-0.1, -0.05) is 178 Å². The van der Waals surface area contributed by atoms with E-state index in [1.807, 2.05) is 168 Å². The van der Waals surface area contributed by atoms with E-state index < -0.39 is 0 Å². The van der Waals surface area contributed by atoms with Crippen LogP contribution in [0.2, 0.25) is 5.02 Å². The summed E-state index contributed by atoms with van der Waals surface area (Å²) < 4.78 is 5.51. The van der Waals surface area contributed by atoms with Gasteiger partial charge in [-0.05, 0) is 259 Å². The summed E-state index contributed by atoms with van der Waals surface area (Å²) in [6.45, 7) is 11.8. The summed E-state index contributed by atoms with van der Waals surface area (Å²) in [6.07, 6.45) is 31.2. The molecule has 0 unspecified atom stereocenters. The minimum absolute atomic E-state index is 0.00350. The van der Waals surface area contributed by atoms with Crippen LogP contribution in [0.4, 0.5) is 36.2 Å². The minimum atomic E-state index is 0.00350. The van der Waals surface area contributed by atoms with Crippen molar-refractivity contribution in [2.45, 2.75) is 179 Å². The SMILES string of the molecule is CN(C(=O)N(CC1CCCCC1)CC1CCC(CN)CC1)c1ccccc1.CN(C(=O)N(CC1CCCCC1)CC1CCC(CN=C(N)N)CC1)c1ccccc1.CN(C(=O)N(Cc1ccc(Cl)cc1)CC1CCC(CN=C(N)N)CC1)c1ccccc1.NC(N)=NCC1CCC(CN(CC(c2ccccc2)c2ccccc2)C(=O)N2CCOCC2)CC1. The maximum absolute atomic E-state index is 13.8. The summed E-state index contributed by atoms with van der Waals surface area (Å²) >= 11 is 6.04. The summed E-state index contributed by atoms with van der Waals surface area (Å²) in [5, 5.41) is 0.696. The molecule has 6 aromatic rings. The predicted octanol–water partition coefficient (Wildman–Crippen LogP) is 17.2. The highest BCUT2D eigenvalue weighted by molar-refractivity contribution is 6.30. The first-order valence-electron chi connectivity index (χ1n) is 46.3. The zero-order chi connectivity index (χ0) is 87.1. The molecule has 14 N–H and O–H groups in total. The number of aliphatic imine (C=N–C) groups is 3. The number of halogens is 1. The van der Waals surface area contributed by atoms with Crippen molar-refractivity contribution in [1.29, 1.82) is 0 Å². The minimum Gasteiger partial charge on any atom is -0.378 e. The second-order valence-electron chi connectivity index (χ2n) is 36.1. The van der Waals surface area contributed by atoms with E-state index >= 15 is 0 Å². The molecule has 1 saturated heterocycles. The van der Waals surface area contributed by atoms with Gasteiger partial charge in [0.1, 0.15) is 0 Å². The molecule has 7 fully saturated rings. The fourth-order valence-corrected chi connectivity index (χ4v) is 19.5. The van der Waals surface area contributed by atoms with Crippen molar-refractivity contribution in [1.82, 2.24) is 24.5 Å². The molecule has 24 heteroatoms. The number of nitrogens with two attached hydrogens (primary N) is 7. The van der Waals surface area contributed by atoms with Gasteiger partial charge in [0.2, 0.25) is 0 Å². The summed E-state index contributed by atoms with van der Waals surface area (Å²) in [5.41, 5.74) is 45.1. The molecule has 23 nitrogen and oxygen atoms in total. The first-order chi connectivity index (χ1) is 59.7. The molecule has 6 aromatic carbocycles. The van der Waals surface area contributed by atoms with Crippen molar-refractivity contribution < 1.29 is 23.9 Å². The van der Waals surface area contributed by atoms with Crippen molar-refractivity contribution in [2.75, 3.05) is 134 Å². The average molecular weight is 1700 g/mol. The van der Waals surface area contributed by atoms with Crippen LogP contribution < -0.4 is 54.8 Å². The number of benzene rings is 6. The van der Waals surface area contributed by atoms with Gasteiger partial charge in [-0.2, -0.15) is 0 Å². The Hall–Kier alpha value is -9.58. The van der Waals surface area contributed by atoms with Crippen LogP contribution in [-0.4, -0.2) is 186 Å². The Bertz CT molecular complexity index is 4040. The van der Waals surface area contributed by atoms with Gasteiger partial charge in [-0.25, -0.2) is 19.2 Å². The highest BCUT2D eigenvalue weighted by Gasteiger charge is 2.35. The van der Waals surface area contributed by atoms with Gasteiger partial charge in [0, 0.05) is 134 Å². The summed E-state index contributed by atoms with van der Waals surface area (Å²) in [4.78, 5) is 82.2. The van der Waals surface area contributed by atoms with E-state index in [1.54, 1.807) is 4.90 Å². The Kier molecular flexibility index (Phi) is 40.1. The second-order valence-corrected chi connectivity index (χ2v) is 36.5. The van der Waals surface area contributed by atoms with E-state index in [-0.39, 0.29) is 47.9 Å². The quantitative estimate of drug-likeness (QED) is 0.0178. The van der Waals surface area contributed by atoms with E-state index in [2.05, 4.69) is 78.2 Å². The predicted molar refractivity (Wildman–Crippen MR) is 506 cm³/mol. The number of hydrogen-bond acceptors (Lipinski definition) is 9. The number of rotatable bonds is 28. The maximum Gasteiger partial charge on any atom is 0.324 e. The second kappa shape index (κ2) is 51.6. The van der Waals surface area contributed by atoms with Gasteiger partial charge in [-0.15, -0.1) is 0 Å². The van der Waals surface area contributed by atoms with Crippen molar-refractivity contribution >= 4 is 70.7 Å². The molecule has 6 saturated carbocycles. The number of nitrogens with zero attached hydrogens (tertiary/aromatic N) is 11. The van der Waals surface area contributed by atoms with Gasteiger partial charge in [-0.3, -0.25) is 29.7 Å². The van der Waals surface area contributed by atoms with Gasteiger partial charge >= 0.3 is 24.1 Å². The third-order valence-corrected chi connectivity index (χ3v) is 27.1. The molecular formula is C99H147ClN18O5. The summed E-state index contributed by atoms with van der Waals surface area (Å²) in [6, 6.07) is 59.0. The zero-order valence-electron chi connectivity index (χ0n) is 74.2. The molecule has 123 heavy (non-hydrogen) atoms. The van der Waals surface area contributed by atoms with Gasteiger partial charge in [0.15, 0.2) is 17.9 Å². The number of ether oxygens (including phenoxy) is 1. The van der Waals surface area contributed by atoms with Crippen LogP contribution in [0.1, 0.15) is 190 Å². The lowest BCUT2D eigenvalue weighted by Crippen LogP contribution is -2.50. The van der Waals surface area contributed by atoms with Crippen LogP contribution in [0.25, 0.3) is 0 Å². The highest BCUT2D eigenvalue weighted by Crippen LogP contribution is 2.37. The van der Waals surface area contributed by atoms with Crippen LogP contribution >= 0.6 is 11.6 Å². The number of morpholine rings is 1. The third kappa shape index (κ3) is 32.5. The number of carbonyl (C=O) groups is 4. The van der Waals surface area contributed by atoms with Crippen LogP contribution in [0, 0.1) is 59.2 Å². The number of urea groups is 4. The number of carbonyl (C=O) groups excluding carboxylic acids is 4. The standard InChI is InChI=1S/C28H39N5O2.C24H32ClN5O.C24H39N5O.C23H37N3O/c29-27(30)31-19-22-11-13-23(14-12-22)20-33(28(34)32-15-17-35-18-16-32)21-26(24-7-3-1-4-8-24)25-9-5-2-6-10-25;1-29(22-5-3-2-4-6-22)24(31)30(17-20-11-13-21(25)14-12-20)16-19-9-7-18(8-10-19)15-28-23(26)27;1-28(22-10-6-3-7-11-22)24(30)29(17-20-8-4-2-5-9-20)18-21-14-12-19(13-15-21)16-27-23(25)26;1-25(22-10-6-3-7-11-22)23(27)26(17-20-8-4-2-5-9-20)18-21-14-12-19(16-24)13-15-21/h1-10,22-23,26H,11-21H2,(H4,29,30,31);2-6,11-14,18-19H,7-10,15-17H2,1H3,(H4,26,27,28);3,6-7,10-11,19-21H,2,4-5,8-9,12-18H2,1H3,(H4,25,26,27);3,6-7,10-11,19-21H,2,4-5,8-9,12-18,24H2,1H3. The Morgan fingerprint density at radius 2 is 0.650 bits per heavy atom. The Balaban J connectivity index is 0.000000172. The van der Waals surface area contributed by atoms with Crippen LogP contribution in [0.5, 0.6) is 0 Å². The van der Waals surface area contributed by atoms with Crippen molar-refractivity contribution in [3.63, 3.8) is 0 Å². The Morgan fingerprint density at radius 3 is 0.976 bits per heavy atom. The van der Waals surface area contributed by atoms with E-state index in [9.17, 15) is 19.2 Å². The molecule has 0 spiro atoms. The molecule has 0 aromatic heterocycles. The van der Waals surface area contributed by atoms with E-state index in [0.29, 0.717) is 117 Å². The molecule has 6 aliphatic carbocycles. The molecule has 1 heterocycles. The Morgan fingerprint density at radius 1 is 0.366 bits per heavy atom.